The molecule has 3 N–H and O–H groups in total. The van der Waals surface area contributed by atoms with Crippen molar-refractivity contribution in [3.05, 3.63) is 95.3 Å². The molecule has 3 aromatic carbocycles. The predicted octanol–water partition coefficient (Wildman–Crippen LogP) is 5.00. The average Bonchev–Trinajstić information content (AvgIpc) is 3.44. The van der Waals surface area contributed by atoms with E-state index in [-0.39, 0.29) is 16.6 Å². The number of aromatic nitrogens is 2. The van der Waals surface area contributed by atoms with Gasteiger partial charge in [-0.3, -0.25) is 14.9 Å². The first-order valence-electron chi connectivity index (χ1n) is 12.8. The van der Waals surface area contributed by atoms with Gasteiger partial charge in [0.05, 0.1) is 22.9 Å². The number of thioether (sulfide) groups is 1. The monoisotopic (exact) mass is 544 g/mol. The van der Waals surface area contributed by atoms with Crippen LogP contribution in [0.25, 0.3) is 11.0 Å². The minimum atomic E-state index is -0.781. The molecule has 1 aliphatic heterocycles. The van der Waals surface area contributed by atoms with Gasteiger partial charge in [0.15, 0.2) is 5.82 Å². The summed E-state index contributed by atoms with van der Waals surface area (Å²) < 4.78 is 14.8. The van der Waals surface area contributed by atoms with Crippen LogP contribution >= 0.6 is 11.8 Å². The number of ether oxygens (including phenoxy) is 2. The molecule has 1 saturated heterocycles. The minimum absolute atomic E-state index is 0.205. The fraction of sp³-hybridized carbons (Fsp3) is 0.300. The maximum Gasteiger partial charge on any atom is 0.286 e. The summed E-state index contributed by atoms with van der Waals surface area (Å²) in [4.78, 5) is 28.3. The van der Waals surface area contributed by atoms with Gasteiger partial charge < -0.3 is 19.8 Å². The largest absolute Gasteiger partial charge is 0.457 e. The Hall–Kier alpha value is -3.66. The number of fused-ring (bicyclic) bond motifs is 1. The van der Waals surface area contributed by atoms with Gasteiger partial charge in [-0.25, -0.2) is 4.98 Å². The van der Waals surface area contributed by atoms with Crippen molar-refractivity contribution in [2.45, 2.75) is 43.8 Å². The third-order valence-electron chi connectivity index (χ3n) is 7.03. The fourth-order valence-corrected chi connectivity index (χ4v) is 5.55. The predicted molar refractivity (Wildman–Crippen MR) is 152 cm³/mol. The van der Waals surface area contributed by atoms with Crippen molar-refractivity contribution in [3.63, 3.8) is 0 Å². The van der Waals surface area contributed by atoms with E-state index in [2.05, 4.69) is 31.3 Å². The van der Waals surface area contributed by atoms with E-state index >= 15 is 0 Å². The Morgan fingerprint density at radius 2 is 1.77 bits per heavy atom. The smallest absolute Gasteiger partial charge is 0.286 e. The molecule has 0 aliphatic carbocycles. The zero-order valence-corrected chi connectivity index (χ0v) is 23.0. The van der Waals surface area contributed by atoms with E-state index in [0.29, 0.717) is 31.1 Å². The molecule has 1 aliphatic rings. The average molecular weight is 545 g/mol. The third kappa shape index (κ3) is 5.85. The van der Waals surface area contributed by atoms with Gasteiger partial charge in [0.1, 0.15) is 5.75 Å². The van der Waals surface area contributed by atoms with E-state index in [1.165, 1.54) is 0 Å². The van der Waals surface area contributed by atoms with E-state index in [0.717, 1.165) is 39.5 Å². The number of para-hydroxylation sites is 2. The Morgan fingerprint density at radius 1 is 1.05 bits per heavy atom. The van der Waals surface area contributed by atoms with Crippen LogP contribution in [0.4, 0.5) is 4.79 Å². The lowest BCUT2D eigenvalue weighted by Crippen LogP contribution is -2.29. The number of nitrogens with zero attached hydrogens (tertiary/aromatic N) is 2. The molecule has 0 bridgehead atoms. The topological polar surface area (TPSA) is 108 Å². The molecule has 0 saturated carbocycles. The molecule has 1 fully saturated rings. The summed E-state index contributed by atoms with van der Waals surface area (Å²) in [7, 11) is 1.95. The molecule has 2 atom stereocenters. The molecule has 9 heteroatoms. The quantitative estimate of drug-likeness (QED) is 0.271. The summed E-state index contributed by atoms with van der Waals surface area (Å²) in [6.07, 6.45) is -0.322. The number of aryl methyl sites for hydroxylation is 1. The lowest BCUT2D eigenvalue weighted by atomic mass is 9.82. The van der Waals surface area contributed by atoms with Crippen LogP contribution in [0, 0.1) is 0 Å². The molecule has 2 unspecified atom stereocenters. The van der Waals surface area contributed by atoms with Gasteiger partial charge in [-0.2, -0.15) is 0 Å². The summed E-state index contributed by atoms with van der Waals surface area (Å²) in [6.45, 7) is 5.07. The van der Waals surface area contributed by atoms with Crippen molar-refractivity contribution in [1.29, 1.82) is 0 Å². The van der Waals surface area contributed by atoms with Crippen molar-refractivity contribution >= 4 is 33.9 Å². The van der Waals surface area contributed by atoms with Crippen LogP contribution in [0.2, 0.25) is 0 Å². The Morgan fingerprint density at radius 3 is 2.46 bits per heavy atom. The molecular formula is C30H32N4O4S. The van der Waals surface area contributed by atoms with Gasteiger partial charge >= 0.3 is 0 Å². The summed E-state index contributed by atoms with van der Waals surface area (Å²) in [6, 6.07) is 23.6. The maximum absolute atomic E-state index is 11.9. The Balaban J connectivity index is 1.40. The van der Waals surface area contributed by atoms with Crippen LogP contribution in [-0.4, -0.2) is 32.5 Å². The summed E-state index contributed by atoms with van der Waals surface area (Å²) in [5.74, 6) is 0.998. The molecule has 2 amide bonds. The second-order valence-corrected chi connectivity index (χ2v) is 11.4. The van der Waals surface area contributed by atoms with Gasteiger partial charge in [-0.1, -0.05) is 74.1 Å². The first kappa shape index (κ1) is 26.9. The second kappa shape index (κ2) is 11.2. The van der Waals surface area contributed by atoms with E-state index in [1.807, 2.05) is 72.3 Å². The first-order valence-corrected chi connectivity index (χ1v) is 13.7. The Labute approximate surface area is 231 Å². The number of rotatable bonds is 10. The molecule has 0 radical (unpaired) electrons. The summed E-state index contributed by atoms with van der Waals surface area (Å²) in [5, 5.41) is 1.61. The van der Waals surface area contributed by atoms with Crippen molar-refractivity contribution < 1.29 is 19.1 Å². The van der Waals surface area contributed by atoms with Crippen LogP contribution in [0.15, 0.2) is 72.8 Å². The standard InChI is InChI=1S/C30H32N4O4S/c1-30(2,18-31)22-9-5-4-8-20(22)17-37-28(26-32-23-10-6-7-11-24(23)34(26)3)38-21-14-12-19(13-15-21)16-25-27(35)33-29(36)39-25/h4-15,25,28H,16-18,31H2,1-3H3,(H,33,35,36). The van der Waals surface area contributed by atoms with E-state index in [4.69, 9.17) is 20.2 Å². The molecule has 4 aromatic rings. The third-order valence-corrected chi connectivity index (χ3v) is 8.02. The second-order valence-electron chi connectivity index (χ2n) is 10.3. The SMILES string of the molecule is Cn1c(C(OCc2ccccc2C(C)(C)CN)Oc2ccc(CC3SC(=O)NC3=O)cc2)nc2ccccc21. The van der Waals surface area contributed by atoms with Crippen LogP contribution in [0.3, 0.4) is 0 Å². The van der Waals surface area contributed by atoms with Crippen molar-refractivity contribution in [3.8, 4) is 5.75 Å². The van der Waals surface area contributed by atoms with E-state index < -0.39 is 11.5 Å². The Kier molecular flexibility index (Phi) is 7.74. The normalized spacial score (nSPS) is 16.5. The number of carbonyl (C=O) groups is 2. The highest BCUT2D eigenvalue weighted by molar-refractivity contribution is 8.15. The van der Waals surface area contributed by atoms with Gasteiger partial charge in [0.2, 0.25) is 5.91 Å². The van der Waals surface area contributed by atoms with E-state index in [9.17, 15) is 9.59 Å². The van der Waals surface area contributed by atoms with Crippen LogP contribution in [0.5, 0.6) is 5.75 Å². The van der Waals surface area contributed by atoms with E-state index in [1.54, 1.807) is 0 Å². The summed E-state index contributed by atoms with van der Waals surface area (Å²) in [5.41, 5.74) is 10.8. The number of hydrogen-bond acceptors (Lipinski definition) is 7. The number of benzene rings is 3. The highest BCUT2D eigenvalue weighted by Crippen LogP contribution is 2.31. The van der Waals surface area contributed by atoms with Crippen LogP contribution < -0.4 is 15.8 Å². The van der Waals surface area contributed by atoms with Crippen LogP contribution in [-0.2, 0) is 35.0 Å². The first-order chi connectivity index (χ1) is 18.7. The molecule has 0 spiro atoms. The fourth-order valence-electron chi connectivity index (χ4n) is 4.69. The number of nitrogens with two attached hydrogens (primary N) is 1. The van der Waals surface area contributed by atoms with Crippen molar-refractivity contribution in [1.82, 2.24) is 14.9 Å². The summed E-state index contributed by atoms with van der Waals surface area (Å²) >= 11 is 1.02. The minimum Gasteiger partial charge on any atom is -0.457 e. The van der Waals surface area contributed by atoms with Gasteiger partial charge in [-0.05, 0) is 47.4 Å². The lowest BCUT2D eigenvalue weighted by Gasteiger charge is -2.27. The zero-order valence-electron chi connectivity index (χ0n) is 22.2. The number of imide groups is 1. The van der Waals surface area contributed by atoms with Crippen LogP contribution in [0.1, 0.15) is 42.7 Å². The highest BCUT2D eigenvalue weighted by atomic mass is 32.2. The van der Waals surface area contributed by atoms with Crippen molar-refractivity contribution in [2.75, 3.05) is 6.54 Å². The zero-order chi connectivity index (χ0) is 27.6. The van der Waals surface area contributed by atoms with Crippen molar-refractivity contribution in [2.24, 2.45) is 12.8 Å². The number of imidazole rings is 1. The highest BCUT2D eigenvalue weighted by Gasteiger charge is 2.31. The van der Waals surface area contributed by atoms with Gasteiger partial charge in [-0.15, -0.1) is 0 Å². The molecule has 202 valence electrons. The molecule has 2 heterocycles. The molecular weight excluding hydrogens is 512 g/mol. The molecule has 5 rings (SSSR count). The molecule has 1 aromatic heterocycles. The molecule has 39 heavy (non-hydrogen) atoms. The maximum atomic E-state index is 11.9. The lowest BCUT2D eigenvalue weighted by molar-refractivity contribution is -0.118. The van der Waals surface area contributed by atoms with Gasteiger partial charge in [0, 0.05) is 19.0 Å². The Bertz CT molecular complexity index is 1500. The molecule has 8 nitrogen and oxygen atoms in total. The number of amides is 2. The number of hydrogen-bond donors (Lipinski definition) is 2. The number of carbonyl (C=O) groups excluding carboxylic acids is 2. The van der Waals surface area contributed by atoms with Gasteiger partial charge in [0.25, 0.3) is 11.5 Å². The number of nitrogens with one attached hydrogen (secondary N) is 1.